The minimum Gasteiger partial charge on any atom is -0.387 e. The van der Waals surface area contributed by atoms with Gasteiger partial charge in [-0.1, -0.05) is 30.3 Å². The second-order valence-electron chi connectivity index (χ2n) is 9.19. The summed E-state index contributed by atoms with van der Waals surface area (Å²) in [7, 11) is 1.67. The molecule has 0 saturated carbocycles. The number of fused-ring (bicyclic) bond motifs is 1. The quantitative estimate of drug-likeness (QED) is 0.278. The zero-order valence-corrected chi connectivity index (χ0v) is 21.2. The predicted molar refractivity (Wildman–Crippen MR) is 142 cm³/mol. The van der Waals surface area contributed by atoms with Gasteiger partial charge in [0.15, 0.2) is 0 Å². The number of hydrogen-bond acceptors (Lipinski definition) is 6. The summed E-state index contributed by atoms with van der Waals surface area (Å²) >= 11 is 0. The Bertz CT molecular complexity index is 1600. The number of nitrogens with one attached hydrogen (secondary N) is 3. The van der Waals surface area contributed by atoms with Crippen molar-refractivity contribution >= 4 is 23.3 Å². The van der Waals surface area contributed by atoms with Gasteiger partial charge in [-0.05, 0) is 47.5 Å². The molecule has 9 nitrogen and oxygen atoms in total. The molecule has 2 amide bonds. The average Bonchev–Trinajstić information content (AvgIpc) is 3.54. The van der Waals surface area contributed by atoms with Crippen molar-refractivity contribution in [3.05, 3.63) is 101 Å². The molecule has 1 aliphatic heterocycles. The summed E-state index contributed by atoms with van der Waals surface area (Å²) < 4.78 is 43.0. The second-order valence-corrected chi connectivity index (χ2v) is 9.19. The fourth-order valence-electron chi connectivity index (χ4n) is 4.46. The van der Waals surface area contributed by atoms with E-state index in [0.717, 1.165) is 12.1 Å². The van der Waals surface area contributed by atoms with Crippen LogP contribution in [0.1, 0.15) is 33.1 Å². The van der Waals surface area contributed by atoms with Gasteiger partial charge in [-0.2, -0.15) is 13.2 Å². The molecule has 1 unspecified atom stereocenters. The molecule has 2 aromatic carbocycles. The van der Waals surface area contributed by atoms with Crippen molar-refractivity contribution in [2.45, 2.75) is 18.8 Å². The van der Waals surface area contributed by atoms with Crippen LogP contribution in [-0.2, 0) is 17.5 Å². The van der Waals surface area contributed by atoms with Crippen molar-refractivity contribution in [2.24, 2.45) is 0 Å². The molecule has 3 heterocycles. The number of anilines is 1. The number of aliphatic hydroxyl groups is 1. The van der Waals surface area contributed by atoms with E-state index in [1.165, 1.54) is 6.07 Å². The van der Waals surface area contributed by atoms with Gasteiger partial charge < -0.3 is 20.7 Å². The van der Waals surface area contributed by atoms with Crippen LogP contribution in [0.25, 0.3) is 16.9 Å². The first-order valence-corrected chi connectivity index (χ1v) is 12.3. The summed E-state index contributed by atoms with van der Waals surface area (Å²) in [6, 6.07) is 15.1. The van der Waals surface area contributed by atoms with Gasteiger partial charge in [0, 0.05) is 37.1 Å². The minimum absolute atomic E-state index is 0.0463. The molecule has 12 heteroatoms. The predicted octanol–water partition coefficient (Wildman–Crippen LogP) is 3.89. The molecule has 0 aliphatic carbocycles. The van der Waals surface area contributed by atoms with E-state index in [1.807, 2.05) is 30.3 Å². The lowest BCUT2D eigenvalue weighted by atomic mass is 9.97. The molecule has 5 rings (SSSR count). The highest BCUT2D eigenvalue weighted by Gasteiger charge is 2.36. The van der Waals surface area contributed by atoms with E-state index in [1.54, 1.807) is 47.1 Å². The van der Waals surface area contributed by atoms with Gasteiger partial charge in [0.25, 0.3) is 5.91 Å². The summed E-state index contributed by atoms with van der Waals surface area (Å²) in [6.07, 6.45) is 0.278. The van der Waals surface area contributed by atoms with Crippen LogP contribution in [-0.4, -0.2) is 45.0 Å². The number of pyridine rings is 1. The SMILES string of the molecule is CN1C=CC(c2cc(C(=O)Nc3c(-c4ccccc4)nc4cc(CNC(=O)CO)ccn34)ccc2C(F)(F)F)N1. The van der Waals surface area contributed by atoms with Crippen LogP contribution in [0.4, 0.5) is 19.0 Å². The van der Waals surface area contributed by atoms with Crippen molar-refractivity contribution in [3.8, 4) is 11.3 Å². The highest BCUT2D eigenvalue weighted by molar-refractivity contribution is 6.06. The molecule has 4 aromatic rings. The van der Waals surface area contributed by atoms with E-state index in [-0.39, 0.29) is 17.7 Å². The minimum atomic E-state index is -4.60. The highest BCUT2D eigenvalue weighted by atomic mass is 19.4. The van der Waals surface area contributed by atoms with Crippen molar-refractivity contribution in [2.75, 3.05) is 19.0 Å². The summed E-state index contributed by atoms with van der Waals surface area (Å²) in [5, 5.41) is 15.9. The van der Waals surface area contributed by atoms with E-state index >= 15 is 0 Å². The number of aliphatic hydroxyl groups excluding tert-OH is 1. The Balaban J connectivity index is 1.52. The highest BCUT2D eigenvalue weighted by Crippen LogP contribution is 2.37. The molecule has 0 radical (unpaired) electrons. The zero-order chi connectivity index (χ0) is 28.4. The summed E-state index contributed by atoms with van der Waals surface area (Å²) in [5.41, 5.74) is 4.42. The summed E-state index contributed by atoms with van der Waals surface area (Å²) in [5.74, 6) is -0.798. The molecular weight excluding hydrogens is 525 g/mol. The Morgan fingerprint density at radius 1 is 1.10 bits per heavy atom. The Kier molecular flexibility index (Phi) is 7.28. The van der Waals surface area contributed by atoms with Crippen LogP contribution in [0.15, 0.2) is 79.1 Å². The molecule has 4 N–H and O–H groups in total. The number of halogens is 3. The van der Waals surface area contributed by atoms with Gasteiger partial charge in [-0.15, -0.1) is 0 Å². The summed E-state index contributed by atoms with van der Waals surface area (Å²) in [6.45, 7) is -0.465. The van der Waals surface area contributed by atoms with Crippen LogP contribution in [0.3, 0.4) is 0 Å². The Morgan fingerprint density at radius 3 is 2.55 bits per heavy atom. The topological polar surface area (TPSA) is 111 Å². The lowest BCUT2D eigenvalue weighted by molar-refractivity contribution is -0.138. The first-order chi connectivity index (χ1) is 19.1. The second kappa shape index (κ2) is 10.8. The molecule has 0 fully saturated rings. The lowest BCUT2D eigenvalue weighted by Gasteiger charge is -2.20. The normalized spacial score (nSPS) is 15.0. The number of alkyl halides is 3. The van der Waals surface area contributed by atoms with Crippen LogP contribution in [0, 0.1) is 0 Å². The molecular formula is C28H25F3N6O3. The molecule has 1 atom stereocenters. The first kappa shape index (κ1) is 26.9. The third kappa shape index (κ3) is 5.53. The van der Waals surface area contributed by atoms with Gasteiger partial charge in [0.2, 0.25) is 5.91 Å². The van der Waals surface area contributed by atoms with Crippen LogP contribution < -0.4 is 16.1 Å². The van der Waals surface area contributed by atoms with Crippen LogP contribution in [0.5, 0.6) is 0 Å². The van der Waals surface area contributed by atoms with E-state index in [9.17, 15) is 22.8 Å². The maximum atomic E-state index is 13.8. The maximum Gasteiger partial charge on any atom is 0.416 e. The van der Waals surface area contributed by atoms with Crippen molar-refractivity contribution < 1.29 is 27.9 Å². The van der Waals surface area contributed by atoms with Gasteiger partial charge in [0.1, 0.15) is 23.8 Å². The number of hydrogen-bond donors (Lipinski definition) is 4. The van der Waals surface area contributed by atoms with E-state index in [4.69, 9.17) is 5.11 Å². The van der Waals surface area contributed by atoms with Gasteiger partial charge in [-0.3, -0.25) is 14.0 Å². The van der Waals surface area contributed by atoms with E-state index < -0.39 is 36.2 Å². The first-order valence-electron chi connectivity index (χ1n) is 12.3. The Labute approximate surface area is 226 Å². The van der Waals surface area contributed by atoms with Crippen molar-refractivity contribution in [3.63, 3.8) is 0 Å². The molecule has 2 aromatic heterocycles. The molecule has 0 bridgehead atoms. The molecule has 40 heavy (non-hydrogen) atoms. The molecule has 206 valence electrons. The van der Waals surface area contributed by atoms with Crippen molar-refractivity contribution in [1.82, 2.24) is 25.1 Å². The maximum absolute atomic E-state index is 13.8. The number of amides is 2. The Morgan fingerprint density at radius 2 is 1.88 bits per heavy atom. The van der Waals surface area contributed by atoms with Gasteiger partial charge in [0.05, 0.1) is 11.6 Å². The number of hydrazine groups is 1. The third-order valence-electron chi connectivity index (χ3n) is 6.40. The summed E-state index contributed by atoms with van der Waals surface area (Å²) in [4.78, 5) is 29.6. The monoisotopic (exact) mass is 550 g/mol. The van der Waals surface area contributed by atoms with Crippen LogP contribution in [0.2, 0.25) is 0 Å². The fraction of sp³-hybridized carbons (Fsp3) is 0.179. The van der Waals surface area contributed by atoms with Crippen LogP contribution >= 0.6 is 0 Å². The number of nitrogens with zero attached hydrogens (tertiary/aromatic N) is 3. The molecule has 1 aliphatic rings. The number of carbonyl (C=O) groups is 2. The van der Waals surface area contributed by atoms with E-state index in [0.29, 0.717) is 28.3 Å². The molecule has 0 spiro atoms. The standard InChI is InChI=1S/C28H25F3N6O3/c1-36-11-10-22(35-36)20-14-19(7-8-21(20)28(29,30)31)27(40)34-26-25(18-5-3-2-4-6-18)33-23-13-17(9-12-37(23)26)15-32-24(39)16-38/h2-14,22,35,38H,15-16H2,1H3,(H,32,39)(H,34,40). The van der Waals surface area contributed by atoms with E-state index in [2.05, 4.69) is 21.0 Å². The van der Waals surface area contributed by atoms with Gasteiger partial charge >= 0.3 is 6.18 Å². The third-order valence-corrected chi connectivity index (χ3v) is 6.40. The number of imidazole rings is 1. The van der Waals surface area contributed by atoms with Crippen molar-refractivity contribution in [1.29, 1.82) is 0 Å². The fourth-order valence-corrected chi connectivity index (χ4v) is 4.46. The Hall–Kier alpha value is -4.68. The number of rotatable bonds is 7. The molecule has 0 saturated heterocycles. The van der Waals surface area contributed by atoms with Gasteiger partial charge in [-0.25, -0.2) is 10.4 Å². The smallest absolute Gasteiger partial charge is 0.387 e. The number of aromatic nitrogens is 2. The number of carbonyl (C=O) groups excluding carboxylic acids is 2. The number of benzene rings is 2. The average molecular weight is 551 g/mol. The lowest BCUT2D eigenvalue weighted by Crippen LogP contribution is -2.28. The largest absolute Gasteiger partial charge is 0.416 e. The zero-order valence-electron chi connectivity index (χ0n) is 21.2.